The van der Waals surface area contributed by atoms with E-state index in [2.05, 4.69) is 4.57 Å². The lowest BCUT2D eigenvalue weighted by molar-refractivity contribution is 0.0730. The standard InChI is InChI=1S/C26H34N4O5S2/c1-4-29-24-8-7-21(37(32,33)28-9-12-34-13-10-28)15-23(24)27-26(29)36-17-25(31)22-14-18(2)30(19(22)3)16-20-6-5-11-35-20/h7-8,14-15,20H,4-6,9-13,16-17H2,1-3H3. The number of thioether (sulfide) groups is 1. The molecule has 0 N–H and O–H groups in total. The van der Waals surface area contributed by atoms with Gasteiger partial charge in [-0.3, -0.25) is 4.79 Å². The average molecular weight is 547 g/mol. The first-order valence-corrected chi connectivity index (χ1v) is 15.2. The molecule has 200 valence electrons. The van der Waals surface area contributed by atoms with Crippen molar-refractivity contribution < 1.29 is 22.7 Å². The zero-order valence-electron chi connectivity index (χ0n) is 21.6. The van der Waals surface area contributed by atoms with Gasteiger partial charge in [0.15, 0.2) is 10.9 Å². The molecular weight excluding hydrogens is 512 g/mol. The van der Waals surface area contributed by atoms with Gasteiger partial charge in [-0.15, -0.1) is 0 Å². The molecule has 3 aromatic rings. The minimum atomic E-state index is -3.61. The molecule has 0 radical (unpaired) electrons. The molecule has 0 spiro atoms. The van der Waals surface area contributed by atoms with Crippen molar-refractivity contribution in [2.45, 2.75) is 62.9 Å². The number of aryl methyl sites for hydroxylation is 2. The molecule has 0 amide bonds. The molecule has 1 atom stereocenters. The summed E-state index contributed by atoms with van der Waals surface area (Å²) in [6.07, 6.45) is 2.35. The van der Waals surface area contributed by atoms with Gasteiger partial charge in [0, 0.05) is 49.7 Å². The first-order chi connectivity index (χ1) is 17.8. The number of fused-ring (bicyclic) bond motifs is 1. The maximum Gasteiger partial charge on any atom is 0.243 e. The van der Waals surface area contributed by atoms with Gasteiger partial charge in [0.25, 0.3) is 0 Å². The molecule has 9 nitrogen and oxygen atoms in total. The van der Waals surface area contributed by atoms with Crippen LogP contribution in [0.5, 0.6) is 0 Å². The number of nitrogens with zero attached hydrogens (tertiary/aromatic N) is 4. The van der Waals surface area contributed by atoms with E-state index in [0.717, 1.165) is 48.5 Å². The summed E-state index contributed by atoms with van der Waals surface area (Å²) in [7, 11) is -3.61. The zero-order chi connectivity index (χ0) is 26.2. The Balaban J connectivity index is 1.34. The summed E-state index contributed by atoms with van der Waals surface area (Å²) >= 11 is 1.39. The number of Topliss-reactive ketones (excluding diaryl/α,β-unsaturated/α-hetero) is 1. The van der Waals surface area contributed by atoms with Crippen molar-refractivity contribution >= 4 is 38.6 Å². The van der Waals surface area contributed by atoms with Crippen molar-refractivity contribution in [3.05, 3.63) is 41.2 Å². The van der Waals surface area contributed by atoms with Gasteiger partial charge in [-0.05, 0) is 57.9 Å². The second-order valence-electron chi connectivity index (χ2n) is 9.55. The van der Waals surface area contributed by atoms with Crippen LogP contribution >= 0.6 is 11.8 Å². The number of carbonyl (C=O) groups is 1. The third-order valence-electron chi connectivity index (χ3n) is 7.23. The molecule has 0 bridgehead atoms. The maximum atomic E-state index is 13.2. The van der Waals surface area contributed by atoms with Crippen LogP contribution in [-0.4, -0.2) is 77.4 Å². The van der Waals surface area contributed by atoms with Gasteiger partial charge < -0.3 is 18.6 Å². The molecule has 2 aliphatic rings. The summed E-state index contributed by atoms with van der Waals surface area (Å²) in [5.74, 6) is 0.314. The van der Waals surface area contributed by atoms with Crippen molar-refractivity contribution in [1.29, 1.82) is 0 Å². The lowest BCUT2D eigenvalue weighted by atomic mass is 10.2. The highest BCUT2D eigenvalue weighted by Gasteiger charge is 2.27. The van der Waals surface area contributed by atoms with Crippen LogP contribution in [0.3, 0.4) is 0 Å². The Morgan fingerprint density at radius 3 is 2.62 bits per heavy atom. The first kappa shape index (κ1) is 26.4. The van der Waals surface area contributed by atoms with Crippen molar-refractivity contribution in [2.24, 2.45) is 0 Å². The number of ether oxygens (including phenoxy) is 2. The molecule has 2 saturated heterocycles. The number of hydrogen-bond donors (Lipinski definition) is 0. The van der Waals surface area contributed by atoms with E-state index in [9.17, 15) is 13.2 Å². The Bertz CT molecular complexity index is 1400. The molecule has 11 heteroatoms. The fraction of sp³-hybridized carbons (Fsp3) is 0.538. The topological polar surface area (TPSA) is 95.7 Å². The number of ketones is 1. The molecule has 0 aliphatic carbocycles. The summed E-state index contributed by atoms with van der Waals surface area (Å²) in [4.78, 5) is 18.2. The molecule has 37 heavy (non-hydrogen) atoms. The summed E-state index contributed by atoms with van der Waals surface area (Å²) < 4.78 is 43.0. The van der Waals surface area contributed by atoms with Crippen LogP contribution < -0.4 is 0 Å². The van der Waals surface area contributed by atoms with Crippen LogP contribution in [0.25, 0.3) is 11.0 Å². The quantitative estimate of drug-likeness (QED) is 0.299. The number of benzene rings is 1. The second-order valence-corrected chi connectivity index (χ2v) is 12.4. The molecule has 2 aliphatic heterocycles. The average Bonchev–Trinajstić information content (AvgIpc) is 3.61. The minimum Gasteiger partial charge on any atom is -0.379 e. The SMILES string of the molecule is CCn1c(SCC(=O)c2cc(C)n(CC3CCCO3)c2C)nc2cc(S(=O)(=O)N3CCOCC3)ccc21. The largest absolute Gasteiger partial charge is 0.379 e. The lowest BCUT2D eigenvalue weighted by Crippen LogP contribution is -2.40. The Morgan fingerprint density at radius 2 is 1.92 bits per heavy atom. The van der Waals surface area contributed by atoms with E-state index >= 15 is 0 Å². The number of aromatic nitrogens is 3. The summed E-state index contributed by atoms with van der Waals surface area (Å²) in [6.45, 7) is 9.80. The van der Waals surface area contributed by atoms with E-state index in [1.165, 1.54) is 16.1 Å². The monoisotopic (exact) mass is 546 g/mol. The maximum absolute atomic E-state index is 13.2. The van der Waals surface area contributed by atoms with Crippen molar-refractivity contribution in [3.63, 3.8) is 0 Å². The number of hydrogen-bond acceptors (Lipinski definition) is 7. The minimum absolute atomic E-state index is 0.0574. The number of rotatable bonds is 9. The van der Waals surface area contributed by atoms with Crippen LogP contribution in [0.4, 0.5) is 0 Å². The molecule has 2 fully saturated rings. The van der Waals surface area contributed by atoms with Crippen LogP contribution in [0.2, 0.25) is 0 Å². The Morgan fingerprint density at radius 1 is 1.14 bits per heavy atom. The van der Waals surface area contributed by atoms with Gasteiger partial charge in [-0.25, -0.2) is 13.4 Å². The highest BCUT2D eigenvalue weighted by Crippen LogP contribution is 2.29. The van der Waals surface area contributed by atoms with Crippen molar-refractivity contribution in [3.8, 4) is 0 Å². The van der Waals surface area contributed by atoms with Gasteiger partial charge in [-0.2, -0.15) is 4.31 Å². The van der Waals surface area contributed by atoms with Gasteiger partial charge >= 0.3 is 0 Å². The Labute approximate surface area is 222 Å². The zero-order valence-corrected chi connectivity index (χ0v) is 23.2. The predicted octanol–water partition coefficient (Wildman–Crippen LogP) is 3.65. The van der Waals surface area contributed by atoms with Gasteiger partial charge in [-0.1, -0.05) is 11.8 Å². The van der Waals surface area contributed by atoms with E-state index < -0.39 is 10.0 Å². The number of carbonyl (C=O) groups excluding carboxylic acids is 1. The van der Waals surface area contributed by atoms with Crippen LogP contribution in [-0.2, 0) is 32.6 Å². The molecule has 2 aromatic heterocycles. The van der Waals surface area contributed by atoms with Crippen LogP contribution in [0, 0.1) is 13.8 Å². The summed E-state index contributed by atoms with van der Waals surface area (Å²) in [5.41, 5.74) is 4.24. The van der Waals surface area contributed by atoms with E-state index in [1.807, 2.05) is 37.5 Å². The molecule has 1 aromatic carbocycles. The highest BCUT2D eigenvalue weighted by atomic mass is 32.2. The Hall–Kier alpha value is -2.18. The number of imidazole rings is 1. The van der Waals surface area contributed by atoms with Gasteiger partial charge in [0.05, 0.1) is 41.0 Å². The van der Waals surface area contributed by atoms with Gasteiger partial charge in [0.1, 0.15) is 0 Å². The van der Waals surface area contributed by atoms with Crippen LogP contribution in [0.1, 0.15) is 41.5 Å². The molecular formula is C26H34N4O5S2. The normalized spacial score (nSPS) is 19.2. The highest BCUT2D eigenvalue weighted by molar-refractivity contribution is 7.99. The lowest BCUT2D eigenvalue weighted by Gasteiger charge is -2.26. The second kappa shape index (κ2) is 10.9. The van der Waals surface area contributed by atoms with E-state index in [4.69, 9.17) is 14.5 Å². The predicted molar refractivity (Wildman–Crippen MR) is 143 cm³/mol. The van der Waals surface area contributed by atoms with Gasteiger partial charge in [0.2, 0.25) is 10.0 Å². The van der Waals surface area contributed by atoms with E-state index in [-0.39, 0.29) is 22.5 Å². The van der Waals surface area contributed by atoms with Crippen molar-refractivity contribution in [2.75, 3.05) is 38.7 Å². The number of morpholine rings is 1. The fourth-order valence-electron chi connectivity index (χ4n) is 5.16. The van der Waals surface area contributed by atoms with Crippen molar-refractivity contribution in [1.82, 2.24) is 18.4 Å². The molecule has 5 rings (SSSR count). The molecule has 1 unspecified atom stereocenters. The molecule has 4 heterocycles. The number of sulfonamides is 1. The third kappa shape index (κ3) is 5.24. The fourth-order valence-corrected chi connectivity index (χ4v) is 7.55. The summed E-state index contributed by atoms with van der Waals surface area (Å²) in [5, 5.41) is 0.708. The molecule has 0 saturated carbocycles. The smallest absolute Gasteiger partial charge is 0.243 e. The summed E-state index contributed by atoms with van der Waals surface area (Å²) in [6, 6.07) is 7.06. The third-order valence-corrected chi connectivity index (χ3v) is 10.1. The first-order valence-electron chi connectivity index (χ1n) is 12.8. The van der Waals surface area contributed by atoms with Crippen LogP contribution in [0.15, 0.2) is 34.3 Å². The van der Waals surface area contributed by atoms with E-state index in [1.54, 1.807) is 12.1 Å². The Kier molecular flexibility index (Phi) is 7.78. The van der Waals surface area contributed by atoms with E-state index in [0.29, 0.717) is 43.5 Å².